The first-order valence-corrected chi connectivity index (χ1v) is 10.3. The number of carbonyl (C=O) groups excluding carboxylic acids is 1. The van der Waals surface area contributed by atoms with E-state index in [9.17, 15) is 4.79 Å². The zero-order chi connectivity index (χ0) is 19.3. The molecule has 1 aliphatic heterocycles. The monoisotopic (exact) mass is 418 g/mol. The maximum Gasteiger partial charge on any atom is 0.234 e. The molecule has 3 aromatic rings. The summed E-state index contributed by atoms with van der Waals surface area (Å²) in [5, 5.41) is 12.4. The van der Waals surface area contributed by atoms with Crippen molar-refractivity contribution < 1.29 is 9.21 Å². The quantitative estimate of drug-likeness (QED) is 0.465. The number of nitrogens with one attached hydrogen (secondary N) is 1. The summed E-state index contributed by atoms with van der Waals surface area (Å²) in [6.07, 6.45) is 5.51. The van der Waals surface area contributed by atoms with Crippen molar-refractivity contribution in [3.8, 4) is 0 Å². The van der Waals surface area contributed by atoms with Gasteiger partial charge in [-0.3, -0.25) is 9.36 Å². The number of halogens is 1. The topological polar surface area (TPSA) is 89.1 Å². The predicted octanol–water partition coefficient (Wildman–Crippen LogP) is 3.30. The van der Waals surface area contributed by atoms with Crippen LogP contribution in [0.3, 0.4) is 0 Å². The van der Waals surface area contributed by atoms with E-state index in [1.165, 1.54) is 11.8 Å². The number of hydrogen-bond donors (Lipinski definition) is 1. The lowest BCUT2D eigenvalue weighted by Crippen LogP contribution is -2.23. The lowest BCUT2D eigenvalue weighted by molar-refractivity contribution is -0.113. The predicted molar refractivity (Wildman–Crippen MR) is 108 cm³/mol. The molecule has 0 spiro atoms. The molecule has 4 rings (SSSR count). The van der Waals surface area contributed by atoms with E-state index in [2.05, 4.69) is 25.4 Å². The highest BCUT2D eigenvalue weighted by Gasteiger charge is 2.22. The molecule has 1 fully saturated rings. The first-order valence-electron chi connectivity index (χ1n) is 8.94. The van der Waals surface area contributed by atoms with Crippen molar-refractivity contribution in [3.63, 3.8) is 0 Å². The number of furan rings is 1. The Kier molecular flexibility index (Phi) is 5.82. The molecule has 146 valence electrons. The molecule has 0 saturated carbocycles. The Hall–Kier alpha value is -2.52. The number of carbonyl (C=O) groups is 1. The molecular weight excluding hydrogens is 400 g/mol. The molecule has 1 saturated heterocycles. The average molecular weight is 419 g/mol. The number of aromatic nitrogens is 4. The van der Waals surface area contributed by atoms with Crippen LogP contribution in [0.2, 0.25) is 5.15 Å². The third-order valence-corrected chi connectivity index (χ3v) is 5.61. The van der Waals surface area contributed by atoms with Crippen LogP contribution in [0.4, 0.5) is 11.6 Å². The number of rotatable bonds is 7. The summed E-state index contributed by atoms with van der Waals surface area (Å²) >= 11 is 7.32. The second kappa shape index (κ2) is 8.66. The first-order chi connectivity index (χ1) is 13.7. The third kappa shape index (κ3) is 4.31. The Morgan fingerprint density at radius 1 is 1.25 bits per heavy atom. The van der Waals surface area contributed by atoms with E-state index >= 15 is 0 Å². The number of pyridine rings is 1. The van der Waals surface area contributed by atoms with Gasteiger partial charge in [0.2, 0.25) is 11.9 Å². The van der Waals surface area contributed by atoms with E-state index in [0.717, 1.165) is 37.6 Å². The van der Waals surface area contributed by atoms with E-state index in [4.69, 9.17) is 16.0 Å². The number of nitrogens with zero attached hydrogens (tertiary/aromatic N) is 5. The van der Waals surface area contributed by atoms with E-state index in [-0.39, 0.29) is 16.8 Å². The van der Waals surface area contributed by atoms with Crippen LogP contribution in [0.15, 0.2) is 46.3 Å². The molecule has 0 aliphatic carbocycles. The second-order valence-corrected chi connectivity index (χ2v) is 7.62. The average Bonchev–Trinajstić information content (AvgIpc) is 3.44. The van der Waals surface area contributed by atoms with Gasteiger partial charge in [0.05, 0.1) is 24.2 Å². The summed E-state index contributed by atoms with van der Waals surface area (Å²) in [6, 6.07) is 7.20. The highest BCUT2D eigenvalue weighted by atomic mass is 35.5. The van der Waals surface area contributed by atoms with Gasteiger partial charge in [-0.25, -0.2) is 4.98 Å². The molecule has 10 heteroatoms. The lowest BCUT2D eigenvalue weighted by atomic mass is 10.4. The number of anilines is 2. The van der Waals surface area contributed by atoms with Gasteiger partial charge in [0.1, 0.15) is 5.76 Å². The van der Waals surface area contributed by atoms with Gasteiger partial charge < -0.3 is 14.6 Å². The highest BCUT2D eigenvalue weighted by Crippen LogP contribution is 2.26. The summed E-state index contributed by atoms with van der Waals surface area (Å²) in [5.74, 6) is 1.62. The van der Waals surface area contributed by atoms with E-state index in [1.807, 2.05) is 16.7 Å². The Balaban J connectivity index is 1.47. The highest BCUT2D eigenvalue weighted by molar-refractivity contribution is 7.99. The SMILES string of the molecule is O=C(CSc1nnc(N2CCCC2)n1Cc1ccco1)Nc1cccnc1Cl. The van der Waals surface area contributed by atoms with Crippen LogP contribution in [-0.2, 0) is 11.3 Å². The smallest absolute Gasteiger partial charge is 0.234 e. The fourth-order valence-electron chi connectivity index (χ4n) is 3.03. The van der Waals surface area contributed by atoms with E-state index < -0.39 is 0 Å². The molecule has 1 amide bonds. The molecule has 0 atom stereocenters. The number of amides is 1. The molecule has 0 unspecified atom stereocenters. The third-order valence-electron chi connectivity index (χ3n) is 4.35. The zero-order valence-electron chi connectivity index (χ0n) is 15.0. The minimum absolute atomic E-state index is 0.182. The van der Waals surface area contributed by atoms with E-state index in [1.54, 1.807) is 24.6 Å². The van der Waals surface area contributed by atoms with Crippen molar-refractivity contribution in [1.29, 1.82) is 0 Å². The van der Waals surface area contributed by atoms with Crippen LogP contribution in [0.1, 0.15) is 18.6 Å². The molecule has 28 heavy (non-hydrogen) atoms. The molecule has 0 bridgehead atoms. The summed E-state index contributed by atoms with van der Waals surface area (Å²) in [6.45, 7) is 2.44. The fourth-order valence-corrected chi connectivity index (χ4v) is 3.93. The summed E-state index contributed by atoms with van der Waals surface area (Å²) in [4.78, 5) is 18.5. The Morgan fingerprint density at radius 3 is 2.86 bits per heavy atom. The van der Waals surface area contributed by atoms with Crippen molar-refractivity contribution >= 4 is 40.9 Å². The van der Waals surface area contributed by atoms with Gasteiger partial charge in [0, 0.05) is 19.3 Å². The van der Waals surface area contributed by atoms with E-state index in [0.29, 0.717) is 17.4 Å². The largest absolute Gasteiger partial charge is 0.467 e. The molecular formula is C18H19ClN6O2S. The molecule has 3 aromatic heterocycles. The summed E-state index contributed by atoms with van der Waals surface area (Å²) in [7, 11) is 0. The molecule has 0 radical (unpaired) electrons. The molecule has 4 heterocycles. The zero-order valence-corrected chi connectivity index (χ0v) is 16.6. The van der Waals surface area contributed by atoms with Crippen LogP contribution in [0, 0.1) is 0 Å². The van der Waals surface area contributed by atoms with Gasteiger partial charge in [0.25, 0.3) is 0 Å². The normalized spacial score (nSPS) is 13.8. The van der Waals surface area contributed by atoms with Crippen LogP contribution >= 0.6 is 23.4 Å². The van der Waals surface area contributed by atoms with Crippen molar-refractivity contribution in [2.45, 2.75) is 24.5 Å². The van der Waals surface area contributed by atoms with Crippen LogP contribution in [0.25, 0.3) is 0 Å². The van der Waals surface area contributed by atoms with Crippen molar-refractivity contribution in [2.24, 2.45) is 0 Å². The first kappa shape index (κ1) is 18.8. The van der Waals surface area contributed by atoms with Gasteiger partial charge in [-0.15, -0.1) is 10.2 Å². The van der Waals surface area contributed by atoms with Gasteiger partial charge in [0.15, 0.2) is 10.3 Å². The summed E-state index contributed by atoms with van der Waals surface area (Å²) in [5.41, 5.74) is 0.490. The van der Waals surface area contributed by atoms with Gasteiger partial charge in [-0.05, 0) is 37.1 Å². The maximum absolute atomic E-state index is 12.3. The molecule has 1 N–H and O–H groups in total. The van der Waals surface area contributed by atoms with Crippen LogP contribution < -0.4 is 10.2 Å². The lowest BCUT2D eigenvalue weighted by Gasteiger charge is -2.17. The fraction of sp³-hybridized carbons (Fsp3) is 0.333. The molecule has 1 aliphatic rings. The maximum atomic E-state index is 12.3. The molecule has 8 nitrogen and oxygen atoms in total. The second-order valence-electron chi connectivity index (χ2n) is 6.32. The van der Waals surface area contributed by atoms with Gasteiger partial charge in [-0.2, -0.15) is 0 Å². The van der Waals surface area contributed by atoms with Gasteiger partial charge in [-0.1, -0.05) is 23.4 Å². The Bertz CT molecular complexity index is 939. The van der Waals surface area contributed by atoms with Crippen molar-refractivity contribution in [3.05, 3.63) is 47.6 Å². The number of hydrogen-bond acceptors (Lipinski definition) is 7. The standard InChI is InChI=1S/C18H19ClN6O2S/c19-16-14(6-3-7-20-16)21-15(26)12-28-18-23-22-17(24-8-1-2-9-24)25(18)11-13-5-4-10-27-13/h3-7,10H,1-2,8-9,11-12H2,(H,21,26). The minimum Gasteiger partial charge on any atom is -0.467 e. The molecule has 0 aromatic carbocycles. The van der Waals surface area contributed by atoms with Crippen molar-refractivity contribution in [1.82, 2.24) is 19.7 Å². The summed E-state index contributed by atoms with van der Waals surface area (Å²) < 4.78 is 7.49. The number of thioether (sulfide) groups is 1. The van der Waals surface area contributed by atoms with Gasteiger partial charge >= 0.3 is 0 Å². The van der Waals surface area contributed by atoms with Crippen molar-refractivity contribution in [2.75, 3.05) is 29.1 Å². The Morgan fingerprint density at radius 2 is 2.11 bits per heavy atom. The van der Waals surface area contributed by atoms with Crippen LogP contribution in [0.5, 0.6) is 0 Å². The van der Waals surface area contributed by atoms with Crippen LogP contribution in [-0.4, -0.2) is 44.5 Å². The Labute approximate surface area is 171 Å². The minimum atomic E-state index is -0.185.